The second-order valence-corrected chi connectivity index (χ2v) is 3.47. The Bertz CT molecular complexity index is 383. The predicted octanol–water partition coefficient (Wildman–Crippen LogP) is 0.247. The normalized spacial score (nSPS) is 12.1. The van der Waals surface area contributed by atoms with Gasteiger partial charge in [-0.2, -0.15) is 0 Å². The van der Waals surface area contributed by atoms with Crippen LogP contribution in [0.5, 0.6) is 0 Å². The number of rotatable bonds is 4. The highest BCUT2D eigenvalue weighted by molar-refractivity contribution is 7.79. The van der Waals surface area contributed by atoms with E-state index in [0.717, 1.165) is 0 Å². The lowest BCUT2D eigenvalue weighted by molar-refractivity contribution is -0.119. The Hall–Kier alpha value is -1.31. The van der Waals surface area contributed by atoms with Crippen molar-refractivity contribution in [2.75, 3.05) is 19.0 Å². The molecule has 0 aliphatic carbocycles. The summed E-state index contributed by atoms with van der Waals surface area (Å²) < 4.78 is 24.3. The van der Waals surface area contributed by atoms with Crippen LogP contribution in [0.4, 0.5) is 5.69 Å². The Labute approximate surface area is 88.9 Å². The number of aromatic nitrogens is 1. The first-order valence-electron chi connectivity index (χ1n) is 4.00. The van der Waals surface area contributed by atoms with Gasteiger partial charge in [0, 0.05) is 13.3 Å². The molecule has 1 aromatic heterocycles. The van der Waals surface area contributed by atoms with E-state index < -0.39 is 17.0 Å². The van der Waals surface area contributed by atoms with Crippen molar-refractivity contribution in [1.29, 1.82) is 0 Å². The monoisotopic (exact) mass is 230 g/mol. The van der Waals surface area contributed by atoms with E-state index in [2.05, 4.69) is 15.0 Å². The van der Waals surface area contributed by atoms with Crippen LogP contribution in [-0.2, 0) is 20.6 Å². The fraction of sp³-hybridized carbons (Fsp3) is 0.250. The van der Waals surface area contributed by atoms with E-state index in [1.54, 1.807) is 6.07 Å². The van der Waals surface area contributed by atoms with Gasteiger partial charge in [0.1, 0.15) is 6.61 Å². The third kappa shape index (κ3) is 3.39. The standard InChI is InChI=1S/C8H10N2O4S/c1-14-5-7(11)10-6-3-2-4-9-8(6)15(12)13/h2-4H,5H2,1H3,(H,10,11)(H,12,13). The Balaban J connectivity index is 2.84. The average Bonchev–Trinajstić information content (AvgIpc) is 2.18. The Morgan fingerprint density at radius 1 is 1.73 bits per heavy atom. The number of hydrogen-bond acceptors (Lipinski definition) is 4. The van der Waals surface area contributed by atoms with E-state index in [0.29, 0.717) is 0 Å². The van der Waals surface area contributed by atoms with Crippen LogP contribution in [0, 0.1) is 0 Å². The zero-order valence-corrected chi connectivity index (χ0v) is 8.78. The van der Waals surface area contributed by atoms with E-state index in [1.165, 1.54) is 19.4 Å². The van der Waals surface area contributed by atoms with Gasteiger partial charge in [0.2, 0.25) is 17.0 Å². The molecule has 0 saturated carbocycles. The number of anilines is 1. The summed E-state index contributed by atoms with van der Waals surface area (Å²) in [7, 11) is 1.38. The summed E-state index contributed by atoms with van der Waals surface area (Å²) in [4.78, 5) is 14.8. The van der Waals surface area contributed by atoms with Gasteiger partial charge in [0.25, 0.3) is 0 Å². The van der Waals surface area contributed by atoms with Crippen molar-refractivity contribution in [3.63, 3.8) is 0 Å². The topological polar surface area (TPSA) is 88.5 Å². The lowest BCUT2D eigenvalue weighted by Gasteiger charge is -2.06. The van der Waals surface area contributed by atoms with E-state index in [9.17, 15) is 9.00 Å². The van der Waals surface area contributed by atoms with Gasteiger partial charge in [0.15, 0.2) is 5.03 Å². The maximum Gasteiger partial charge on any atom is 0.250 e. The molecule has 0 fully saturated rings. The number of carbonyl (C=O) groups excluding carboxylic acids is 1. The molecule has 1 heterocycles. The summed E-state index contributed by atoms with van der Waals surface area (Å²) in [5.41, 5.74) is 0.209. The first kappa shape index (κ1) is 11.8. The fourth-order valence-electron chi connectivity index (χ4n) is 0.942. The molecule has 0 spiro atoms. The first-order chi connectivity index (χ1) is 7.15. The minimum atomic E-state index is -2.23. The molecule has 1 unspecified atom stereocenters. The molecule has 2 N–H and O–H groups in total. The summed E-state index contributed by atoms with van der Waals surface area (Å²) >= 11 is -2.23. The molecule has 1 aromatic rings. The van der Waals surface area contributed by atoms with Crippen molar-refractivity contribution in [3.8, 4) is 0 Å². The number of carbonyl (C=O) groups is 1. The smallest absolute Gasteiger partial charge is 0.250 e. The Kier molecular flexibility index (Phi) is 4.35. The molecule has 0 bridgehead atoms. The molecule has 1 rings (SSSR count). The van der Waals surface area contributed by atoms with Crippen LogP contribution in [-0.4, -0.2) is 33.4 Å². The predicted molar refractivity (Wildman–Crippen MR) is 53.8 cm³/mol. The van der Waals surface area contributed by atoms with E-state index >= 15 is 0 Å². The van der Waals surface area contributed by atoms with Crippen LogP contribution in [0.25, 0.3) is 0 Å². The average molecular weight is 230 g/mol. The number of methoxy groups -OCH3 is 1. The zero-order chi connectivity index (χ0) is 11.3. The van der Waals surface area contributed by atoms with Crippen molar-refractivity contribution >= 4 is 22.7 Å². The quantitative estimate of drug-likeness (QED) is 0.724. The van der Waals surface area contributed by atoms with Crippen molar-refractivity contribution in [3.05, 3.63) is 18.3 Å². The largest absolute Gasteiger partial charge is 0.375 e. The van der Waals surface area contributed by atoms with E-state index in [1.807, 2.05) is 0 Å². The van der Waals surface area contributed by atoms with Crippen LogP contribution in [0.15, 0.2) is 23.4 Å². The number of hydrogen-bond donors (Lipinski definition) is 2. The number of nitrogens with zero attached hydrogens (tertiary/aromatic N) is 1. The minimum absolute atomic E-state index is 0.0815. The van der Waals surface area contributed by atoms with Gasteiger partial charge in [0.05, 0.1) is 5.69 Å². The van der Waals surface area contributed by atoms with Crippen LogP contribution in [0.1, 0.15) is 0 Å². The number of ether oxygens (including phenoxy) is 1. The van der Waals surface area contributed by atoms with Crippen LogP contribution in [0.2, 0.25) is 0 Å². The maximum atomic E-state index is 11.1. The highest BCUT2D eigenvalue weighted by atomic mass is 32.2. The lowest BCUT2D eigenvalue weighted by Crippen LogP contribution is -2.18. The molecule has 7 heteroatoms. The maximum absolute atomic E-state index is 11.1. The second-order valence-electron chi connectivity index (χ2n) is 2.59. The summed E-state index contributed by atoms with van der Waals surface area (Å²) in [6.45, 7) is -0.119. The molecule has 6 nitrogen and oxygen atoms in total. The third-order valence-electron chi connectivity index (χ3n) is 1.49. The third-order valence-corrected chi connectivity index (χ3v) is 2.14. The summed E-state index contributed by atoms with van der Waals surface area (Å²) in [5, 5.41) is 2.33. The van der Waals surface area contributed by atoms with Crippen LogP contribution < -0.4 is 5.32 Å². The van der Waals surface area contributed by atoms with Gasteiger partial charge in [-0.15, -0.1) is 0 Å². The molecule has 0 aliphatic rings. The molecule has 15 heavy (non-hydrogen) atoms. The van der Waals surface area contributed by atoms with Crippen LogP contribution in [0.3, 0.4) is 0 Å². The number of nitrogens with one attached hydrogen (secondary N) is 1. The van der Waals surface area contributed by atoms with Gasteiger partial charge in [-0.1, -0.05) is 0 Å². The fourth-order valence-corrected chi connectivity index (χ4v) is 1.40. The summed E-state index contributed by atoms with van der Waals surface area (Å²) in [6.07, 6.45) is 1.37. The Morgan fingerprint density at radius 2 is 2.47 bits per heavy atom. The zero-order valence-electron chi connectivity index (χ0n) is 7.97. The molecule has 0 saturated heterocycles. The summed E-state index contributed by atoms with van der Waals surface area (Å²) in [6, 6.07) is 3.04. The SMILES string of the molecule is COCC(=O)Nc1cccnc1S(=O)O. The molecule has 1 amide bonds. The number of amides is 1. The molecule has 82 valence electrons. The highest BCUT2D eigenvalue weighted by Crippen LogP contribution is 2.14. The summed E-state index contributed by atoms with van der Waals surface area (Å²) in [5.74, 6) is -0.405. The van der Waals surface area contributed by atoms with Gasteiger partial charge in [-0.05, 0) is 12.1 Å². The first-order valence-corrected chi connectivity index (χ1v) is 5.10. The highest BCUT2D eigenvalue weighted by Gasteiger charge is 2.11. The molecule has 0 aromatic carbocycles. The van der Waals surface area contributed by atoms with E-state index in [-0.39, 0.29) is 17.3 Å². The van der Waals surface area contributed by atoms with Gasteiger partial charge >= 0.3 is 0 Å². The van der Waals surface area contributed by atoms with Crippen molar-refractivity contribution in [2.45, 2.75) is 5.03 Å². The number of pyridine rings is 1. The molecule has 1 atom stereocenters. The van der Waals surface area contributed by atoms with Gasteiger partial charge < -0.3 is 14.6 Å². The van der Waals surface area contributed by atoms with E-state index in [4.69, 9.17) is 4.55 Å². The van der Waals surface area contributed by atoms with Gasteiger partial charge in [-0.25, -0.2) is 9.19 Å². The van der Waals surface area contributed by atoms with Crippen molar-refractivity contribution in [1.82, 2.24) is 4.98 Å². The second kappa shape index (κ2) is 5.54. The lowest BCUT2D eigenvalue weighted by atomic mass is 10.4. The molecule has 0 aliphatic heterocycles. The molecular weight excluding hydrogens is 220 g/mol. The van der Waals surface area contributed by atoms with Crippen LogP contribution >= 0.6 is 0 Å². The van der Waals surface area contributed by atoms with Gasteiger partial charge in [-0.3, -0.25) is 4.79 Å². The Morgan fingerprint density at radius 3 is 3.07 bits per heavy atom. The molecule has 0 radical (unpaired) electrons. The van der Waals surface area contributed by atoms with Crippen molar-refractivity contribution < 1.29 is 18.3 Å². The molecular formula is C8H10N2O4S. The minimum Gasteiger partial charge on any atom is -0.375 e. The van der Waals surface area contributed by atoms with Crippen molar-refractivity contribution in [2.24, 2.45) is 0 Å².